The van der Waals surface area contributed by atoms with E-state index in [9.17, 15) is 23.9 Å². The highest BCUT2D eigenvalue weighted by atomic mass is 35.5. The van der Waals surface area contributed by atoms with E-state index in [-0.39, 0.29) is 41.0 Å². The fourth-order valence-corrected chi connectivity index (χ4v) is 9.18. The summed E-state index contributed by atoms with van der Waals surface area (Å²) in [4.78, 5) is 38.5. The highest BCUT2D eigenvalue weighted by Gasteiger charge is 2.47. The van der Waals surface area contributed by atoms with Crippen molar-refractivity contribution in [2.75, 3.05) is 12.3 Å². The number of phosphoric ester groups is 1. The predicted molar refractivity (Wildman–Crippen MR) is 217 cm³/mol. The maximum absolute atomic E-state index is 15.3. The Balaban J connectivity index is 0.000000867. The van der Waals surface area contributed by atoms with E-state index in [0.29, 0.717) is 11.1 Å². The van der Waals surface area contributed by atoms with E-state index < -0.39 is 58.8 Å². The Hall–Kier alpha value is -4.28. The van der Waals surface area contributed by atoms with Crippen LogP contribution < -0.4 is 20.2 Å². The predicted octanol–water partition coefficient (Wildman–Crippen LogP) is 7.12. The molecule has 0 aliphatic carbocycles. The minimum Gasteiger partial charge on any atom is -0.756 e. The van der Waals surface area contributed by atoms with Gasteiger partial charge in [-0.3, -0.25) is 13.9 Å². The van der Waals surface area contributed by atoms with Gasteiger partial charge in [0.1, 0.15) is 36.1 Å². The Labute approximate surface area is 346 Å². The number of aromatic nitrogens is 4. The van der Waals surface area contributed by atoms with Gasteiger partial charge in [0.2, 0.25) is 5.28 Å². The fourth-order valence-electron chi connectivity index (χ4n) is 6.09. The first-order valence-electron chi connectivity index (χ1n) is 18.9. The van der Waals surface area contributed by atoms with Crippen LogP contribution in [-0.4, -0.2) is 61.6 Å². The Morgan fingerprint density at radius 1 is 0.983 bits per heavy atom. The molecule has 5 aromatic rings. The maximum Gasteiger partial charge on any atom is 0.465 e. The molecule has 2 aromatic heterocycles. The van der Waals surface area contributed by atoms with Crippen molar-refractivity contribution >= 4 is 50.1 Å². The van der Waals surface area contributed by atoms with Crippen LogP contribution in [0.5, 0.6) is 5.75 Å². The lowest BCUT2D eigenvalue weighted by Crippen LogP contribution is -2.39. The number of halogens is 2. The Morgan fingerprint density at radius 2 is 1.58 bits per heavy atom. The summed E-state index contributed by atoms with van der Waals surface area (Å²) in [7, 11) is -10.7. The number of aliphatic hydroxyl groups excluding tert-OH is 1. The van der Waals surface area contributed by atoms with E-state index in [0.717, 1.165) is 16.8 Å². The second-order valence-electron chi connectivity index (χ2n) is 13.5. The number of hydrogen-bond donors (Lipinski definition) is 3. The molecule has 1 aliphatic rings. The molecule has 59 heavy (non-hydrogen) atoms. The summed E-state index contributed by atoms with van der Waals surface area (Å²) in [6.45, 7) is 5.66. The molecule has 20 heteroatoms. The van der Waals surface area contributed by atoms with Crippen molar-refractivity contribution in [3.05, 3.63) is 114 Å². The molecule has 16 nitrogen and oxygen atoms in total. The van der Waals surface area contributed by atoms with Crippen LogP contribution in [0, 0.1) is 5.92 Å². The second kappa shape index (κ2) is 21.3. The molecule has 3 unspecified atom stereocenters. The summed E-state index contributed by atoms with van der Waals surface area (Å²) >= 11 is 5.90. The number of carbonyl (C=O) groups excluding carboxylic acids is 1. The monoisotopic (exact) mass is 875 g/mol. The summed E-state index contributed by atoms with van der Waals surface area (Å²) in [6.07, 6.45) is -2.08. The lowest BCUT2D eigenvalue weighted by molar-refractivity contribution is -0.220. The first-order chi connectivity index (χ1) is 28.2. The number of fused-ring (bicyclic) bond motifs is 1. The first-order valence-corrected chi connectivity index (χ1v) is 22.3. The van der Waals surface area contributed by atoms with Crippen LogP contribution in [0.2, 0.25) is 5.28 Å². The molecule has 0 saturated carbocycles. The third-order valence-corrected chi connectivity index (χ3v) is 12.8. The number of nitrogen functional groups attached to an aromatic ring is 1. The molecule has 3 heterocycles. The fraction of sp³-hybridized carbons (Fsp3) is 0.385. The summed E-state index contributed by atoms with van der Waals surface area (Å²) in [6, 6.07) is 23.4. The van der Waals surface area contributed by atoms with E-state index in [4.69, 9.17) is 40.2 Å². The molecule has 7 atom stereocenters. The molecule has 0 bridgehead atoms. The van der Waals surface area contributed by atoms with Gasteiger partial charge in [-0.15, -0.1) is 0 Å². The SMILES string of the molecule is CCC(CC)CC.Nc1nc(Cl)nc2c1ncn2[C@@H]1O[C@H](COP(=O)([O-])OP(=O)(N[C@@H](Cc2ccccc2)C(=O)OCc2ccccc2)Oc2ccccc2)C(O)[C@H]1F. The van der Waals surface area contributed by atoms with Crippen molar-refractivity contribution < 1.29 is 51.1 Å². The zero-order chi connectivity index (χ0) is 42.6. The van der Waals surface area contributed by atoms with E-state index in [1.54, 1.807) is 66.7 Å². The van der Waals surface area contributed by atoms with Gasteiger partial charge in [-0.2, -0.15) is 15.1 Å². The van der Waals surface area contributed by atoms with Crippen LogP contribution in [-0.2, 0) is 45.3 Å². The van der Waals surface area contributed by atoms with Crippen LogP contribution in [0.25, 0.3) is 11.2 Å². The first kappa shape index (κ1) is 45.8. The Morgan fingerprint density at radius 3 is 2.17 bits per heavy atom. The number of hydrogen-bond acceptors (Lipinski definition) is 14. The number of aliphatic hydroxyl groups is 1. The molecular formula is C39H47ClFN6O10P2-. The zero-order valence-corrected chi connectivity index (χ0v) is 35.1. The number of carbonyl (C=O) groups is 1. The molecule has 4 N–H and O–H groups in total. The second-order valence-corrected chi connectivity index (χ2v) is 17.1. The van der Waals surface area contributed by atoms with Gasteiger partial charge in [0.05, 0.1) is 12.9 Å². The molecule has 1 aliphatic heterocycles. The van der Waals surface area contributed by atoms with Crippen LogP contribution in [0.4, 0.5) is 10.2 Å². The number of anilines is 1. The lowest BCUT2D eigenvalue weighted by atomic mass is 10.0. The number of ether oxygens (including phenoxy) is 2. The number of nitrogens with zero attached hydrogens (tertiary/aromatic N) is 4. The average Bonchev–Trinajstić information content (AvgIpc) is 3.77. The van der Waals surface area contributed by atoms with E-state index >= 15 is 4.39 Å². The highest BCUT2D eigenvalue weighted by Crippen LogP contribution is 2.58. The minimum atomic E-state index is -5.65. The number of rotatable bonds is 18. The molecule has 1 saturated heterocycles. The van der Waals surface area contributed by atoms with Gasteiger partial charge in [0.15, 0.2) is 23.9 Å². The van der Waals surface area contributed by atoms with Crippen molar-refractivity contribution in [2.24, 2.45) is 5.92 Å². The minimum absolute atomic E-state index is 0.00539. The van der Waals surface area contributed by atoms with E-state index in [2.05, 4.69) is 40.8 Å². The van der Waals surface area contributed by atoms with E-state index in [1.807, 2.05) is 0 Å². The highest BCUT2D eigenvalue weighted by molar-refractivity contribution is 7.63. The van der Waals surface area contributed by atoms with Gasteiger partial charge in [-0.1, -0.05) is 119 Å². The molecular weight excluding hydrogens is 829 g/mol. The number of para-hydroxylation sites is 1. The van der Waals surface area contributed by atoms with Gasteiger partial charge in [-0.25, -0.2) is 18.3 Å². The summed E-state index contributed by atoms with van der Waals surface area (Å²) in [5.41, 5.74) is 7.17. The molecule has 318 valence electrons. The Bertz CT molecular complexity index is 2190. The largest absolute Gasteiger partial charge is 0.756 e. The van der Waals surface area contributed by atoms with Gasteiger partial charge in [-0.05, 0) is 47.2 Å². The average molecular weight is 876 g/mol. The van der Waals surface area contributed by atoms with Crippen LogP contribution >= 0.6 is 27.2 Å². The summed E-state index contributed by atoms with van der Waals surface area (Å²) < 4.78 is 70.6. The molecule has 6 rings (SSSR count). The standard InChI is InChI=1S/C32H32ClFN6O10P2.C7H16/c33-32-37-28(35)26-29(38-32)40(19-36-26)30-25(34)27(41)24(48-30)18-47-52(44,45)50-51(43,49-22-14-8-3-9-15-22)39-23(16-20-10-4-1-5-11-20)31(42)46-17-21-12-6-2-7-13-21;1-4-7(5-2)6-3/h1-15,19,23-25,27,30,41H,16-18H2,(H,39,43)(H,44,45)(H2,35,37,38);7H,4-6H2,1-3H3/p-1/t23-,24+,25+,27?,30+,51?;/m0./s1. The van der Waals surface area contributed by atoms with Gasteiger partial charge in [0.25, 0.3) is 7.82 Å². The number of nitrogens with two attached hydrogens (primary N) is 1. The van der Waals surface area contributed by atoms with Crippen molar-refractivity contribution in [1.29, 1.82) is 0 Å². The molecule has 1 fully saturated rings. The van der Waals surface area contributed by atoms with E-state index in [1.165, 1.54) is 43.5 Å². The summed E-state index contributed by atoms with van der Waals surface area (Å²) in [5.74, 6) is -0.0693. The third-order valence-electron chi connectivity index (χ3n) is 9.40. The smallest absolute Gasteiger partial charge is 0.465 e. The Kier molecular flexibility index (Phi) is 16.5. The van der Waals surface area contributed by atoms with Crippen LogP contribution in [0.1, 0.15) is 57.4 Å². The number of phosphoric acid groups is 1. The number of imidazole rings is 1. The molecule has 3 aromatic carbocycles. The van der Waals surface area contributed by atoms with Gasteiger partial charge < -0.3 is 34.3 Å². The number of nitrogens with one attached hydrogen (secondary N) is 1. The normalized spacial score (nSPS) is 20.3. The number of alkyl halides is 1. The van der Waals surface area contributed by atoms with Crippen molar-refractivity contribution in [3.63, 3.8) is 0 Å². The molecule has 0 radical (unpaired) electrons. The van der Waals surface area contributed by atoms with Crippen molar-refractivity contribution in [3.8, 4) is 5.75 Å². The van der Waals surface area contributed by atoms with Crippen molar-refractivity contribution in [1.82, 2.24) is 24.6 Å². The van der Waals surface area contributed by atoms with Crippen LogP contribution in [0.3, 0.4) is 0 Å². The molecule has 0 amide bonds. The topological polar surface area (TPSA) is 222 Å². The number of esters is 1. The van der Waals surface area contributed by atoms with Crippen molar-refractivity contribution in [2.45, 2.75) is 83.7 Å². The lowest BCUT2D eigenvalue weighted by Gasteiger charge is -2.30. The zero-order valence-electron chi connectivity index (χ0n) is 32.6. The third kappa shape index (κ3) is 12.9. The quantitative estimate of drug-likeness (QED) is 0.0453. The maximum atomic E-state index is 15.3. The summed E-state index contributed by atoms with van der Waals surface area (Å²) in [5, 5.41) is 12.8. The van der Waals surface area contributed by atoms with Crippen LogP contribution in [0.15, 0.2) is 97.3 Å². The molecule has 0 spiro atoms. The van der Waals surface area contributed by atoms with Gasteiger partial charge >= 0.3 is 13.7 Å². The van der Waals surface area contributed by atoms with Gasteiger partial charge in [0, 0.05) is 0 Å². The number of benzene rings is 3.